The monoisotopic (exact) mass is 628 g/mol. The van der Waals surface area contributed by atoms with E-state index in [1.807, 2.05) is 38.1 Å². The quantitative estimate of drug-likeness (QED) is 0.106. The van der Waals surface area contributed by atoms with E-state index in [4.69, 9.17) is 14.8 Å². The molecule has 0 saturated heterocycles. The molecular formula is C34H40N6O6. The minimum atomic E-state index is -0.408. The summed E-state index contributed by atoms with van der Waals surface area (Å²) in [5.41, 5.74) is 13.2. The molecule has 4 aromatic rings. The number of nitrogens with zero attached hydrogens (tertiary/aromatic N) is 3. The van der Waals surface area contributed by atoms with Crippen LogP contribution in [0.2, 0.25) is 0 Å². The largest absolute Gasteiger partial charge is 0.397 e. The fraction of sp³-hybridized carbons (Fsp3) is 0.412. The van der Waals surface area contributed by atoms with Crippen molar-refractivity contribution in [3.8, 4) is 22.3 Å². The van der Waals surface area contributed by atoms with Crippen molar-refractivity contribution in [3.63, 3.8) is 0 Å². The Morgan fingerprint density at radius 3 is 1.70 bits per heavy atom. The molecule has 2 fully saturated rings. The van der Waals surface area contributed by atoms with Crippen molar-refractivity contribution in [2.75, 3.05) is 16.4 Å². The molecule has 2 unspecified atom stereocenters. The van der Waals surface area contributed by atoms with Gasteiger partial charge in [-0.05, 0) is 82.7 Å². The summed E-state index contributed by atoms with van der Waals surface area (Å²) in [5.74, 6) is 1.94. The number of carbonyl (C=O) groups is 2. The molecule has 46 heavy (non-hydrogen) atoms. The molecule has 2 aliphatic carbocycles. The molecule has 6 rings (SSSR count). The third-order valence-corrected chi connectivity index (χ3v) is 8.57. The van der Waals surface area contributed by atoms with Crippen molar-refractivity contribution in [2.24, 2.45) is 0 Å². The average Bonchev–Trinajstić information content (AvgIpc) is 3.53. The third kappa shape index (κ3) is 7.44. The fourth-order valence-corrected chi connectivity index (χ4v) is 6.34. The number of ketones is 2. The third-order valence-electron chi connectivity index (χ3n) is 8.57. The van der Waals surface area contributed by atoms with Gasteiger partial charge in [-0.15, -0.1) is 0 Å². The predicted molar refractivity (Wildman–Crippen MR) is 176 cm³/mol. The van der Waals surface area contributed by atoms with Crippen LogP contribution in [-0.4, -0.2) is 38.9 Å². The molecule has 2 aromatic heterocycles. The lowest BCUT2D eigenvalue weighted by atomic mass is 9.94. The number of nitrogens with two attached hydrogens (primary N) is 1. The molecule has 2 aliphatic rings. The zero-order valence-corrected chi connectivity index (χ0v) is 26.6. The fourth-order valence-electron chi connectivity index (χ4n) is 6.34. The first-order chi connectivity index (χ1) is 22.0. The summed E-state index contributed by atoms with van der Waals surface area (Å²) in [6.45, 7) is 7.39. The maximum atomic E-state index is 11.6. The number of rotatable bonds is 7. The second kappa shape index (κ2) is 14.0. The van der Waals surface area contributed by atoms with Gasteiger partial charge in [-0.3, -0.25) is 19.7 Å². The van der Waals surface area contributed by atoms with E-state index < -0.39 is 4.92 Å². The molecule has 2 aromatic carbocycles. The number of carbonyl (C=O) groups excluding carboxylic acids is 2. The van der Waals surface area contributed by atoms with E-state index in [-0.39, 0.29) is 23.6 Å². The van der Waals surface area contributed by atoms with Crippen molar-refractivity contribution in [1.82, 2.24) is 10.3 Å². The van der Waals surface area contributed by atoms with Gasteiger partial charge >= 0.3 is 0 Å². The van der Waals surface area contributed by atoms with Gasteiger partial charge in [0.1, 0.15) is 28.8 Å². The number of hydrogen-bond acceptors (Lipinski definition) is 11. The number of hydrogen-bond donors (Lipinski definition) is 3. The molecule has 12 heteroatoms. The number of benzene rings is 2. The van der Waals surface area contributed by atoms with Crippen molar-refractivity contribution >= 4 is 34.3 Å². The Kier molecular flexibility index (Phi) is 9.84. The van der Waals surface area contributed by atoms with Crippen molar-refractivity contribution in [2.45, 2.75) is 91.1 Å². The number of nitro benzene ring substituents is 1. The van der Waals surface area contributed by atoms with Crippen molar-refractivity contribution in [1.29, 1.82) is 0 Å². The molecule has 0 radical (unpaired) electrons. The van der Waals surface area contributed by atoms with Gasteiger partial charge in [-0.25, -0.2) is 0 Å². The van der Waals surface area contributed by atoms with Gasteiger partial charge in [-0.1, -0.05) is 22.4 Å². The lowest BCUT2D eigenvalue weighted by Gasteiger charge is -2.24. The number of Topliss-reactive ketones (excluding diaryl/α,β-unsaturated/α-hetero) is 2. The maximum absolute atomic E-state index is 11.6. The maximum Gasteiger partial charge on any atom is 0.292 e. The second-order valence-electron chi connectivity index (χ2n) is 12.1. The van der Waals surface area contributed by atoms with Crippen LogP contribution in [0.4, 0.5) is 22.7 Å². The zero-order chi connectivity index (χ0) is 33.0. The van der Waals surface area contributed by atoms with Gasteiger partial charge in [0, 0.05) is 55.0 Å². The molecule has 0 spiro atoms. The van der Waals surface area contributed by atoms with Crippen LogP contribution in [0.5, 0.6) is 0 Å². The average molecular weight is 629 g/mol. The van der Waals surface area contributed by atoms with Crippen molar-refractivity contribution < 1.29 is 23.6 Å². The summed E-state index contributed by atoms with van der Waals surface area (Å²) in [6.07, 6.45) is 5.94. The van der Waals surface area contributed by atoms with Crippen LogP contribution in [0, 0.1) is 37.8 Å². The van der Waals surface area contributed by atoms with E-state index in [2.05, 4.69) is 20.9 Å². The summed E-state index contributed by atoms with van der Waals surface area (Å²) in [7, 11) is 0. The Morgan fingerprint density at radius 2 is 1.26 bits per heavy atom. The number of nitrogens with one attached hydrogen (secondary N) is 2. The highest BCUT2D eigenvalue weighted by molar-refractivity contribution is 5.82. The number of anilines is 3. The minimum Gasteiger partial charge on any atom is -0.397 e. The van der Waals surface area contributed by atoms with Crippen LogP contribution in [0.15, 0.2) is 45.4 Å². The summed E-state index contributed by atoms with van der Waals surface area (Å²) in [4.78, 5) is 34.2. The molecule has 2 heterocycles. The van der Waals surface area contributed by atoms with E-state index in [9.17, 15) is 19.7 Å². The van der Waals surface area contributed by atoms with Crippen LogP contribution < -0.4 is 16.4 Å². The van der Waals surface area contributed by atoms with E-state index in [1.165, 1.54) is 6.07 Å². The Labute approximate surface area is 267 Å². The van der Waals surface area contributed by atoms with Gasteiger partial charge in [0.2, 0.25) is 0 Å². The number of aromatic nitrogens is 2. The zero-order valence-electron chi connectivity index (χ0n) is 26.6. The highest BCUT2D eigenvalue weighted by Crippen LogP contribution is 2.35. The van der Waals surface area contributed by atoms with Gasteiger partial charge in [0.25, 0.3) is 5.69 Å². The first-order valence-corrected chi connectivity index (χ1v) is 15.6. The summed E-state index contributed by atoms with van der Waals surface area (Å²) >= 11 is 0. The first-order valence-electron chi connectivity index (χ1n) is 15.6. The Morgan fingerprint density at radius 1 is 0.783 bits per heavy atom. The van der Waals surface area contributed by atoms with E-state index >= 15 is 0 Å². The van der Waals surface area contributed by atoms with Crippen molar-refractivity contribution in [3.05, 3.63) is 69.4 Å². The van der Waals surface area contributed by atoms with Gasteiger partial charge in [-0.2, -0.15) is 0 Å². The minimum absolute atomic E-state index is 0.00878. The highest BCUT2D eigenvalue weighted by atomic mass is 16.6. The van der Waals surface area contributed by atoms with E-state index in [0.29, 0.717) is 59.9 Å². The smallest absolute Gasteiger partial charge is 0.292 e. The molecule has 12 nitrogen and oxygen atoms in total. The van der Waals surface area contributed by atoms with Gasteiger partial charge in [0.15, 0.2) is 0 Å². The first kappa shape index (κ1) is 32.4. The standard InChI is InChI=1S/C17H19N3O4.C17H21N3O2/c1-10-17(11(2)24-19-10)12-6-7-15(16(8-12)20(22)23)18-13-4-3-5-14(21)9-13;1-10-17(11(2)22-20-10)12-6-7-16(15(18)8-12)19-13-4-3-5-14(21)9-13/h6-8,13,18H,3-5,9H2,1-2H3;6-8,13,19H,3-5,9,18H2,1-2H3. The van der Waals surface area contributed by atoms with Gasteiger partial charge in [0.05, 0.1) is 27.7 Å². The molecule has 0 amide bonds. The summed E-state index contributed by atoms with van der Waals surface area (Å²) in [5, 5.41) is 25.9. The number of nitrogen functional groups attached to an aromatic ring is 1. The highest BCUT2D eigenvalue weighted by Gasteiger charge is 2.24. The van der Waals surface area contributed by atoms with Crippen LogP contribution in [-0.2, 0) is 9.59 Å². The second-order valence-corrected chi connectivity index (χ2v) is 12.1. The molecule has 0 aliphatic heterocycles. The molecule has 4 N–H and O–H groups in total. The van der Waals surface area contributed by atoms with Crippen LogP contribution >= 0.6 is 0 Å². The normalized spacial score (nSPS) is 18.1. The molecule has 2 atom stereocenters. The topological polar surface area (TPSA) is 179 Å². The SMILES string of the molecule is Cc1noc(C)c1-c1ccc(NC2CCCC(=O)C2)c(N)c1.Cc1noc(C)c1-c1ccc(NC2CCCC(=O)C2)c([N+](=O)[O-])c1. The lowest BCUT2D eigenvalue weighted by molar-refractivity contribution is -0.383. The summed E-state index contributed by atoms with van der Waals surface area (Å²) in [6, 6.07) is 11.1. The molecule has 0 bridgehead atoms. The van der Waals surface area contributed by atoms with E-state index in [1.54, 1.807) is 19.9 Å². The molecular weight excluding hydrogens is 588 g/mol. The number of nitro groups is 1. The Balaban J connectivity index is 0.000000182. The predicted octanol–water partition coefficient (Wildman–Crippen LogP) is 7.25. The summed E-state index contributed by atoms with van der Waals surface area (Å²) < 4.78 is 10.3. The molecule has 242 valence electrons. The lowest BCUT2D eigenvalue weighted by Crippen LogP contribution is -2.27. The van der Waals surface area contributed by atoms with Crippen LogP contribution in [0.1, 0.15) is 74.3 Å². The van der Waals surface area contributed by atoms with Crippen LogP contribution in [0.25, 0.3) is 22.3 Å². The Bertz CT molecular complexity index is 1720. The number of aryl methyl sites for hydroxylation is 4. The Hall–Kier alpha value is -5.00. The molecule has 2 saturated carbocycles. The van der Waals surface area contributed by atoms with Crippen LogP contribution in [0.3, 0.4) is 0 Å². The van der Waals surface area contributed by atoms with E-state index in [0.717, 1.165) is 59.5 Å². The van der Waals surface area contributed by atoms with Gasteiger partial charge < -0.3 is 25.4 Å².